The number of morpholine rings is 2. The highest BCUT2D eigenvalue weighted by atomic mass is 16.5. The second-order valence-corrected chi connectivity index (χ2v) is 7.31. The van der Waals surface area contributed by atoms with Crippen molar-refractivity contribution < 1.29 is 19.0 Å². The summed E-state index contributed by atoms with van der Waals surface area (Å²) >= 11 is 0. The van der Waals surface area contributed by atoms with Crippen molar-refractivity contribution in [2.75, 3.05) is 68.3 Å². The highest BCUT2D eigenvalue weighted by molar-refractivity contribution is 5.82. The molecule has 2 aromatic heterocycles. The van der Waals surface area contributed by atoms with Crippen molar-refractivity contribution in [3.05, 3.63) is 18.0 Å². The summed E-state index contributed by atoms with van der Waals surface area (Å²) < 4.78 is 15.8. The number of carbonyl (C=O) groups excluding carboxylic acids is 1. The zero-order valence-corrected chi connectivity index (χ0v) is 16.7. The van der Waals surface area contributed by atoms with Crippen LogP contribution in [-0.4, -0.2) is 85.2 Å². The van der Waals surface area contributed by atoms with Crippen LogP contribution in [0.15, 0.2) is 12.4 Å². The Hall–Kier alpha value is -3.05. The first-order valence-corrected chi connectivity index (χ1v) is 9.98. The first-order chi connectivity index (χ1) is 14.7. The maximum atomic E-state index is 11.3. The van der Waals surface area contributed by atoms with Crippen molar-refractivity contribution in [2.24, 2.45) is 0 Å². The lowest BCUT2D eigenvalue weighted by Crippen LogP contribution is -2.43. The number of hydrogen-bond donors (Lipinski definition) is 1. The quantitative estimate of drug-likeness (QED) is 0.771. The van der Waals surface area contributed by atoms with Gasteiger partial charge in [0.15, 0.2) is 5.82 Å². The molecule has 0 radical (unpaired) electrons. The molecule has 0 saturated carbocycles. The number of aromatic nitrogens is 4. The predicted molar refractivity (Wildman–Crippen MR) is 108 cm³/mol. The van der Waals surface area contributed by atoms with E-state index < -0.39 is 6.09 Å². The van der Waals surface area contributed by atoms with Gasteiger partial charge in [0, 0.05) is 44.0 Å². The largest absolute Gasteiger partial charge is 0.453 e. The fourth-order valence-electron chi connectivity index (χ4n) is 4.04. The summed E-state index contributed by atoms with van der Waals surface area (Å²) in [5.74, 6) is 2.64. The van der Waals surface area contributed by atoms with Gasteiger partial charge in [-0.15, -0.1) is 0 Å². The van der Waals surface area contributed by atoms with E-state index in [4.69, 9.17) is 19.4 Å². The predicted octanol–water partition coefficient (Wildman–Crippen LogP) is 0.710. The van der Waals surface area contributed by atoms with Crippen LogP contribution in [0, 0.1) is 0 Å². The molecular weight excluding hydrogens is 390 g/mol. The lowest BCUT2D eigenvalue weighted by atomic mass is 10.1. The van der Waals surface area contributed by atoms with Crippen molar-refractivity contribution in [2.45, 2.75) is 12.5 Å². The number of hydrogen-bond acceptors (Lipinski definition) is 10. The monoisotopic (exact) mass is 413 g/mol. The third-order valence-electron chi connectivity index (χ3n) is 5.52. The van der Waals surface area contributed by atoms with Crippen LogP contribution in [0.2, 0.25) is 0 Å². The molecule has 5 heterocycles. The summed E-state index contributed by atoms with van der Waals surface area (Å²) in [5.41, 5.74) is 1.85. The second kappa shape index (κ2) is 8.00. The van der Waals surface area contributed by atoms with Crippen molar-refractivity contribution in [1.29, 1.82) is 0 Å². The van der Waals surface area contributed by atoms with E-state index in [1.54, 1.807) is 12.4 Å². The summed E-state index contributed by atoms with van der Waals surface area (Å²) in [6.07, 6.45) is 3.47. The highest BCUT2D eigenvalue weighted by Crippen LogP contribution is 2.39. The number of amides is 1. The van der Waals surface area contributed by atoms with Gasteiger partial charge < -0.3 is 24.0 Å². The fraction of sp³-hybridized carbons (Fsp3) is 0.526. The maximum Gasteiger partial charge on any atom is 0.413 e. The van der Waals surface area contributed by atoms with Gasteiger partial charge in [0.05, 0.1) is 45.1 Å². The number of nitrogens with zero attached hydrogens (tertiary/aromatic N) is 6. The van der Waals surface area contributed by atoms with Crippen LogP contribution >= 0.6 is 0 Å². The van der Waals surface area contributed by atoms with E-state index in [9.17, 15) is 4.79 Å². The Morgan fingerprint density at radius 2 is 1.83 bits per heavy atom. The van der Waals surface area contributed by atoms with Crippen LogP contribution in [0.5, 0.6) is 0 Å². The van der Waals surface area contributed by atoms with E-state index >= 15 is 0 Å². The molecule has 158 valence electrons. The SMILES string of the molecule is COC(=O)Nc1ncc(-c2nc(N3CCOCC3)c3c(n2)N2CCOC[C@H]2C3)cn1. The third kappa shape index (κ3) is 3.50. The van der Waals surface area contributed by atoms with Gasteiger partial charge in [-0.3, -0.25) is 5.32 Å². The van der Waals surface area contributed by atoms with Gasteiger partial charge in [0.2, 0.25) is 5.95 Å². The van der Waals surface area contributed by atoms with E-state index in [1.807, 2.05) is 0 Å². The molecule has 1 amide bonds. The number of rotatable bonds is 3. The lowest BCUT2D eigenvalue weighted by Gasteiger charge is -2.31. The van der Waals surface area contributed by atoms with E-state index in [2.05, 4.69) is 29.8 Å². The van der Waals surface area contributed by atoms with Crippen LogP contribution in [0.3, 0.4) is 0 Å². The average molecular weight is 413 g/mol. The minimum Gasteiger partial charge on any atom is -0.453 e. The molecule has 11 nitrogen and oxygen atoms in total. The molecule has 0 unspecified atom stereocenters. The molecule has 5 rings (SSSR count). The Bertz CT molecular complexity index is 933. The van der Waals surface area contributed by atoms with Gasteiger partial charge in [-0.05, 0) is 0 Å². The van der Waals surface area contributed by atoms with Crippen LogP contribution < -0.4 is 15.1 Å². The molecule has 1 N–H and O–H groups in total. The molecular formula is C19H23N7O4. The molecule has 11 heteroatoms. The van der Waals surface area contributed by atoms with Crippen molar-refractivity contribution in [1.82, 2.24) is 19.9 Å². The molecule has 0 aliphatic carbocycles. The number of carbonyl (C=O) groups is 1. The van der Waals surface area contributed by atoms with Crippen LogP contribution in [0.1, 0.15) is 5.56 Å². The molecule has 2 aromatic rings. The van der Waals surface area contributed by atoms with Gasteiger partial charge >= 0.3 is 6.09 Å². The summed E-state index contributed by atoms with van der Waals surface area (Å²) in [7, 11) is 1.29. The number of nitrogens with one attached hydrogen (secondary N) is 1. The molecule has 3 aliphatic heterocycles. The van der Waals surface area contributed by atoms with Crippen molar-refractivity contribution in [3.8, 4) is 11.4 Å². The first-order valence-electron chi connectivity index (χ1n) is 9.98. The number of ether oxygens (including phenoxy) is 3. The molecule has 2 fully saturated rings. The molecule has 0 spiro atoms. The van der Waals surface area contributed by atoms with E-state index in [1.165, 1.54) is 12.7 Å². The summed E-state index contributed by atoms with van der Waals surface area (Å²) in [4.78, 5) is 34.1. The number of anilines is 3. The number of methoxy groups -OCH3 is 1. The van der Waals surface area contributed by atoms with Gasteiger partial charge in [-0.1, -0.05) is 0 Å². The smallest absolute Gasteiger partial charge is 0.413 e. The lowest BCUT2D eigenvalue weighted by molar-refractivity contribution is 0.0973. The van der Waals surface area contributed by atoms with Crippen LogP contribution in [0.4, 0.5) is 22.4 Å². The van der Waals surface area contributed by atoms with Gasteiger partial charge in [-0.25, -0.2) is 24.7 Å². The van der Waals surface area contributed by atoms with E-state index in [0.717, 1.165) is 37.7 Å². The number of fused-ring (bicyclic) bond motifs is 3. The van der Waals surface area contributed by atoms with Gasteiger partial charge in [0.25, 0.3) is 0 Å². The summed E-state index contributed by atoms with van der Waals surface area (Å²) in [5, 5.41) is 2.44. The summed E-state index contributed by atoms with van der Waals surface area (Å²) in [6.45, 7) is 5.16. The van der Waals surface area contributed by atoms with Gasteiger partial charge in [0.1, 0.15) is 11.6 Å². The minimum atomic E-state index is -0.621. The molecule has 0 aromatic carbocycles. The van der Waals surface area contributed by atoms with Crippen molar-refractivity contribution >= 4 is 23.7 Å². The zero-order chi connectivity index (χ0) is 20.5. The topological polar surface area (TPSA) is 115 Å². The highest BCUT2D eigenvalue weighted by Gasteiger charge is 2.37. The first kappa shape index (κ1) is 18.9. The Labute approximate surface area is 173 Å². The van der Waals surface area contributed by atoms with Gasteiger partial charge in [-0.2, -0.15) is 0 Å². The molecule has 2 saturated heterocycles. The maximum absolute atomic E-state index is 11.3. The molecule has 30 heavy (non-hydrogen) atoms. The standard InChI is InChI=1S/C19H23N7O4/c1-28-19(27)24-18-20-9-12(10-21-18)15-22-16(25-2-5-29-6-3-25)14-8-13-11-30-7-4-26(13)17(14)23-15/h9-10,13H,2-8,11H2,1H3,(H,20,21,24,27)/t13-/m1/s1. The summed E-state index contributed by atoms with van der Waals surface area (Å²) in [6, 6.07) is 0.293. The fourth-order valence-corrected chi connectivity index (χ4v) is 4.04. The normalized spacial score (nSPS) is 20.5. The van der Waals surface area contributed by atoms with Crippen LogP contribution in [0.25, 0.3) is 11.4 Å². The van der Waals surface area contributed by atoms with E-state index in [-0.39, 0.29) is 5.95 Å². The Balaban J connectivity index is 1.52. The second-order valence-electron chi connectivity index (χ2n) is 7.31. The minimum absolute atomic E-state index is 0.161. The van der Waals surface area contributed by atoms with E-state index in [0.29, 0.717) is 43.9 Å². The molecule has 1 atom stereocenters. The average Bonchev–Trinajstić information content (AvgIpc) is 3.18. The molecule has 3 aliphatic rings. The third-order valence-corrected chi connectivity index (χ3v) is 5.52. The Morgan fingerprint density at radius 1 is 1.10 bits per heavy atom. The Kier molecular flexibility index (Phi) is 5.05. The van der Waals surface area contributed by atoms with Crippen molar-refractivity contribution in [3.63, 3.8) is 0 Å². The molecule has 0 bridgehead atoms. The Morgan fingerprint density at radius 3 is 2.60 bits per heavy atom. The zero-order valence-electron chi connectivity index (χ0n) is 16.7. The van der Waals surface area contributed by atoms with Crippen LogP contribution in [-0.2, 0) is 20.6 Å².